The number of nitrogens with one attached hydrogen (secondary N) is 2. The number of aromatic nitrogens is 1. The number of aryl methyl sites for hydroxylation is 1. The number of rotatable bonds is 4. The summed E-state index contributed by atoms with van der Waals surface area (Å²) in [4.78, 5) is 4.33. The molecule has 0 bridgehead atoms. The summed E-state index contributed by atoms with van der Waals surface area (Å²) >= 11 is 0. The lowest BCUT2D eigenvalue weighted by molar-refractivity contribution is -0.0217. The first kappa shape index (κ1) is 18.6. The van der Waals surface area contributed by atoms with E-state index in [0.717, 1.165) is 37.3 Å². The molecule has 1 aromatic heterocycles. The van der Waals surface area contributed by atoms with Gasteiger partial charge in [-0.1, -0.05) is 0 Å². The third kappa shape index (κ3) is 5.16. The first-order valence-electron chi connectivity index (χ1n) is 9.45. The van der Waals surface area contributed by atoms with Gasteiger partial charge >= 0.3 is 0 Å². The third-order valence-electron chi connectivity index (χ3n) is 5.12. The van der Waals surface area contributed by atoms with Crippen LogP contribution in [0.5, 0.6) is 5.75 Å². The molecular formula is C20H33N3O2. The molecule has 1 aromatic rings. The number of nitrogens with zero attached hydrogens (tertiary/aromatic N) is 1. The second-order valence-electron chi connectivity index (χ2n) is 8.93. The molecule has 0 aromatic carbocycles. The van der Waals surface area contributed by atoms with Crippen molar-refractivity contribution in [2.75, 3.05) is 13.2 Å². The molecule has 2 N–H and O–H groups in total. The van der Waals surface area contributed by atoms with Gasteiger partial charge in [-0.25, -0.2) is 0 Å². The van der Waals surface area contributed by atoms with Crippen LogP contribution < -0.4 is 15.4 Å². The summed E-state index contributed by atoms with van der Waals surface area (Å²) in [6, 6.07) is 4.77. The third-order valence-corrected chi connectivity index (χ3v) is 5.12. The number of hydrogen-bond donors (Lipinski definition) is 2. The Morgan fingerprint density at radius 1 is 1.20 bits per heavy atom. The summed E-state index contributed by atoms with van der Waals surface area (Å²) < 4.78 is 11.9. The fraction of sp³-hybridized carbons (Fsp3) is 0.750. The lowest BCUT2D eigenvalue weighted by atomic mass is 9.79. The summed E-state index contributed by atoms with van der Waals surface area (Å²) in [5.41, 5.74) is 1.28. The molecule has 2 aliphatic rings. The van der Waals surface area contributed by atoms with E-state index in [4.69, 9.17) is 9.47 Å². The average Bonchev–Trinajstić information content (AvgIpc) is 2.48. The normalized spacial score (nSPS) is 29.3. The van der Waals surface area contributed by atoms with E-state index >= 15 is 0 Å². The Morgan fingerprint density at radius 3 is 2.56 bits per heavy atom. The highest BCUT2D eigenvalue weighted by Gasteiger charge is 2.39. The van der Waals surface area contributed by atoms with Crippen molar-refractivity contribution in [2.45, 2.75) is 83.1 Å². The molecule has 0 saturated carbocycles. The zero-order valence-electron chi connectivity index (χ0n) is 16.3. The maximum atomic E-state index is 6.20. The number of hydrogen-bond acceptors (Lipinski definition) is 5. The SMILES string of the molecule is Cc1ccc(O[C@H]2COCC[C@H]2NC2CC(C)(C)NC(C)(C)C2)cn1. The van der Waals surface area contributed by atoms with Crippen LogP contribution in [0.15, 0.2) is 18.3 Å². The Kier molecular flexibility index (Phi) is 5.37. The molecule has 0 aliphatic carbocycles. The van der Waals surface area contributed by atoms with Crippen LogP contribution in [0.25, 0.3) is 0 Å². The Balaban J connectivity index is 1.65. The van der Waals surface area contributed by atoms with E-state index in [-0.39, 0.29) is 17.2 Å². The Bertz CT molecular complexity index is 555. The van der Waals surface area contributed by atoms with Crippen molar-refractivity contribution in [2.24, 2.45) is 0 Å². The highest BCUT2D eigenvalue weighted by Crippen LogP contribution is 2.29. The largest absolute Gasteiger partial charge is 0.485 e. The minimum Gasteiger partial charge on any atom is -0.485 e. The van der Waals surface area contributed by atoms with Crippen molar-refractivity contribution >= 4 is 0 Å². The van der Waals surface area contributed by atoms with Crippen molar-refractivity contribution in [3.05, 3.63) is 24.0 Å². The van der Waals surface area contributed by atoms with Crippen molar-refractivity contribution in [3.63, 3.8) is 0 Å². The molecule has 0 radical (unpaired) electrons. The molecule has 25 heavy (non-hydrogen) atoms. The zero-order chi connectivity index (χ0) is 18.1. The molecule has 3 heterocycles. The van der Waals surface area contributed by atoms with E-state index < -0.39 is 0 Å². The van der Waals surface area contributed by atoms with Crippen molar-refractivity contribution in [1.29, 1.82) is 0 Å². The van der Waals surface area contributed by atoms with E-state index in [2.05, 4.69) is 43.3 Å². The molecule has 2 atom stereocenters. The van der Waals surface area contributed by atoms with Crippen LogP contribution in [-0.4, -0.2) is 47.5 Å². The lowest BCUT2D eigenvalue weighted by Crippen LogP contribution is -2.64. The molecule has 2 saturated heterocycles. The Morgan fingerprint density at radius 2 is 1.92 bits per heavy atom. The van der Waals surface area contributed by atoms with Gasteiger partial charge in [-0.3, -0.25) is 4.98 Å². The van der Waals surface area contributed by atoms with Crippen LogP contribution in [0.2, 0.25) is 0 Å². The first-order valence-corrected chi connectivity index (χ1v) is 9.45. The summed E-state index contributed by atoms with van der Waals surface area (Å²) in [5.74, 6) is 0.818. The topological polar surface area (TPSA) is 55.4 Å². The van der Waals surface area contributed by atoms with Gasteiger partial charge in [0.15, 0.2) is 0 Å². The minimum absolute atomic E-state index is 0.0272. The second kappa shape index (κ2) is 7.22. The Hall–Kier alpha value is -1.17. The number of pyridine rings is 1. The van der Waals surface area contributed by atoms with Gasteiger partial charge in [0.2, 0.25) is 0 Å². The molecule has 5 heteroatoms. The van der Waals surface area contributed by atoms with E-state index in [1.165, 1.54) is 0 Å². The fourth-order valence-electron chi connectivity index (χ4n) is 4.46. The van der Waals surface area contributed by atoms with Crippen molar-refractivity contribution in [1.82, 2.24) is 15.6 Å². The lowest BCUT2D eigenvalue weighted by Gasteiger charge is -2.48. The first-order chi connectivity index (χ1) is 11.7. The predicted molar refractivity (Wildman–Crippen MR) is 100 cm³/mol. The number of piperidine rings is 1. The van der Waals surface area contributed by atoms with Crippen LogP contribution in [0, 0.1) is 6.92 Å². The smallest absolute Gasteiger partial charge is 0.138 e. The molecular weight excluding hydrogens is 314 g/mol. The van der Waals surface area contributed by atoms with Gasteiger partial charge in [-0.15, -0.1) is 0 Å². The van der Waals surface area contributed by atoms with Gasteiger partial charge in [0.05, 0.1) is 12.8 Å². The number of ether oxygens (including phenoxy) is 2. The molecule has 3 rings (SSSR count). The molecule has 2 aliphatic heterocycles. The van der Waals surface area contributed by atoms with E-state index in [1.807, 2.05) is 19.1 Å². The summed E-state index contributed by atoms with van der Waals surface area (Å²) in [7, 11) is 0. The maximum Gasteiger partial charge on any atom is 0.138 e. The molecule has 5 nitrogen and oxygen atoms in total. The van der Waals surface area contributed by atoms with E-state index in [0.29, 0.717) is 18.7 Å². The second-order valence-corrected chi connectivity index (χ2v) is 8.93. The van der Waals surface area contributed by atoms with Crippen molar-refractivity contribution < 1.29 is 9.47 Å². The van der Waals surface area contributed by atoms with Crippen molar-refractivity contribution in [3.8, 4) is 5.75 Å². The van der Waals surface area contributed by atoms with Crippen LogP contribution in [-0.2, 0) is 4.74 Å². The van der Waals surface area contributed by atoms with Crippen LogP contribution in [0.1, 0.15) is 52.7 Å². The van der Waals surface area contributed by atoms with Crippen LogP contribution >= 0.6 is 0 Å². The minimum atomic E-state index is 0.0272. The highest BCUT2D eigenvalue weighted by atomic mass is 16.5. The monoisotopic (exact) mass is 347 g/mol. The summed E-state index contributed by atoms with van der Waals surface area (Å²) in [6.07, 6.45) is 5.05. The zero-order valence-corrected chi connectivity index (χ0v) is 16.3. The average molecular weight is 348 g/mol. The molecule has 0 unspecified atom stereocenters. The molecule has 0 spiro atoms. The van der Waals surface area contributed by atoms with Gasteiger partial charge in [0.25, 0.3) is 0 Å². The molecule has 2 fully saturated rings. The predicted octanol–water partition coefficient (Wildman–Crippen LogP) is 2.83. The molecule has 0 amide bonds. The summed E-state index contributed by atoms with van der Waals surface area (Å²) in [6.45, 7) is 12.6. The quantitative estimate of drug-likeness (QED) is 0.877. The fourth-order valence-corrected chi connectivity index (χ4v) is 4.46. The summed E-state index contributed by atoms with van der Waals surface area (Å²) in [5, 5.41) is 7.64. The van der Waals surface area contributed by atoms with Crippen LogP contribution in [0.4, 0.5) is 0 Å². The van der Waals surface area contributed by atoms with Gasteiger partial charge < -0.3 is 20.1 Å². The van der Waals surface area contributed by atoms with Crippen LogP contribution in [0.3, 0.4) is 0 Å². The van der Waals surface area contributed by atoms with Gasteiger partial charge in [-0.2, -0.15) is 0 Å². The van der Waals surface area contributed by atoms with Gasteiger partial charge in [0, 0.05) is 35.5 Å². The maximum absolute atomic E-state index is 6.20. The molecule has 140 valence electrons. The highest BCUT2D eigenvalue weighted by molar-refractivity contribution is 5.19. The van der Waals surface area contributed by atoms with E-state index in [1.54, 1.807) is 6.20 Å². The Labute approximate surface area is 151 Å². The standard InChI is InChI=1S/C20H33N3O2/c1-14-6-7-16(12-21-14)25-18-13-24-9-8-17(18)22-15-10-19(2,3)23-20(4,5)11-15/h6-7,12,15,17-18,22-23H,8-11,13H2,1-5H3/t17-,18+/m1/s1. The van der Waals surface area contributed by atoms with Gasteiger partial charge in [0.1, 0.15) is 11.9 Å². The van der Waals surface area contributed by atoms with E-state index in [9.17, 15) is 0 Å². The van der Waals surface area contributed by atoms with Gasteiger partial charge in [-0.05, 0) is 66.0 Å².